The van der Waals surface area contributed by atoms with E-state index in [9.17, 15) is 0 Å². The van der Waals surface area contributed by atoms with Crippen molar-refractivity contribution in [2.45, 2.75) is 23.9 Å². The lowest BCUT2D eigenvalue weighted by Gasteiger charge is -1.96. The van der Waals surface area contributed by atoms with Crippen molar-refractivity contribution in [2.75, 3.05) is 13.0 Å². The van der Waals surface area contributed by atoms with Crippen molar-refractivity contribution in [3.05, 3.63) is 30.1 Å². The predicted molar refractivity (Wildman–Crippen MR) is 87.6 cm³/mol. The number of nitrogens with one attached hydrogen (secondary N) is 1. The van der Waals surface area contributed by atoms with Crippen LogP contribution in [0.1, 0.15) is 12.1 Å². The van der Waals surface area contributed by atoms with Gasteiger partial charge in [-0.2, -0.15) is 0 Å². The Morgan fingerprint density at radius 1 is 1.41 bits per heavy atom. The summed E-state index contributed by atoms with van der Waals surface area (Å²) >= 11 is 7.27. The van der Waals surface area contributed by atoms with E-state index >= 15 is 0 Å². The lowest BCUT2D eigenvalue weighted by atomic mass is 10.3. The zero-order valence-electron chi connectivity index (χ0n) is 12.1. The second kappa shape index (κ2) is 7.02. The number of imidazole rings is 1. The van der Waals surface area contributed by atoms with E-state index in [0.717, 1.165) is 46.4 Å². The van der Waals surface area contributed by atoms with Gasteiger partial charge in [0.2, 0.25) is 0 Å². The molecule has 2 aromatic heterocycles. The quantitative estimate of drug-likeness (QED) is 0.530. The molecule has 0 aliphatic carbocycles. The average Bonchev–Trinajstić information content (AvgIpc) is 3.16. The first-order valence-corrected chi connectivity index (χ1v) is 8.42. The van der Waals surface area contributed by atoms with Crippen LogP contribution in [0, 0.1) is 0 Å². The highest BCUT2D eigenvalue weighted by molar-refractivity contribution is 7.98. The normalized spacial score (nSPS) is 11.2. The number of thioether (sulfide) groups is 1. The number of aromatic nitrogens is 5. The Balaban J connectivity index is 1.64. The molecular weight excluding hydrogens is 322 g/mol. The molecule has 0 unspecified atom stereocenters. The van der Waals surface area contributed by atoms with Gasteiger partial charge in [0.25, 0.3) is 0 Å². The highest BCUT2D eigenvalue weighted by Gasteiger charge is 2.07. The van der Waals surface area contributed by atoms with Gasteiger partial charge < -0.3 is 9.72 Å². The molecule has 6 nitrogen and oxygen atoms in total. The van der Waals surface area contributed by atoms with E-state index < -0.39 is 0 Å². The van der Waals surface area contributed by atoms with E-state index in [2.05, 4.69) is 20.3 Å². The number of aromatic amines is 1. The van der Waals surface area contributed by atoms with Crippen LogP contribution in [0.5, 0.6) is 5.75 Å². The van der Waals surface area contributed by atoms with Gasteiger partial charge in [0.05, 0.1) is 23.8 Å². The number of methoxy groups -OCH3 is 1. The lowest BCUT2D eigenvalue weighted by molar-refractivity contribution is 0.415. The summed E-state index contributed by atoms with van der Waals surface area (Å²) in [7, 11) is 1.65. The minimum atomic E-state index is 0.631. The van der Waals surface area contributed by atoms with Crippen LogP contribution in [-0.2, 0) is 12.3 Å². The third-order valence-electron chi connectivity index (χ3n) is 3.13. The Labute approximate surface area is 137 Å². The summed E-state index contributed by atoms with van der Waals surface area (Å²) in [4.78, 5) is 7.82. The van der Waals surface area contributed by atoms with Gasteiger partial charge in [-0.15, -0.1) is 16.7 Å². The van der Waals surface area contributed by atoms with Crippen LogP contribution in [0.2, 0.25) is 0 Å². The molecule has 8 heteroatoms. The zero-order chi connectivity index (χ0) is 15.4. The molecule has 22 heavy (non-hydrogen) atoms. The molecule has 0 amide bonds. The molecule has 0 radical (unpaired) electrons. The predicted octanol–water partition coefficient (Wildman–Crippen LogP) is 3.08. The summed E-state index contributed by atoms with van der Waals surface area (Å²) in [6.45, 7) is 0.797. The summed E-state index contributed by atoms with van der Waals surface area (Å²) in [5.74, 6) is 2.17. The number of hydrogen-bond acceptors (Lipinski definition) is 5. The van der Waals surface area contributed by atoms with E-state index in [1.165, 1.54) is 0 Å². The molecule has 0 spiro atoms. The summed E-state index contributed by atoms with van der Waals surface area (Å²) in [5, 5.41) is 9.09. The maximum atomic E-state index is 5.67. The number of nitrogens with zero attached hydrogens (tertiary/aromatic N) is 4. The fourth-order valence-electron chi connectivity index (χ4n) is 2.04. The number of rotatable bonds is 7. The van der Waals surface area contributed by atoms with E-state index in [1.807, 2.05) is 29.1 Å². The van der Waals surface area contributed by atoms with Gasteiger partial charge in [-0.3, -0.25) is 4.68 Å². The van der Waals surface area contributed by atoms with E-state index in [4.69, 9.17) is 16.3 Å². The minimum absolute atomic E-state index is 0.631. The van der Waals surface area contributed by atoms with Crippen LogP contribution in [-0.4, -0.2) is 38.0 Å². The fraction of sp³-hybridized carbons (Fsp3) is 0.357. The van der Waals surface area contributed by atoms with Crippen LogP contribution in [0.4, 0.5) is 0 Å². The largest absolute Gasteiger partial charge is 0.497 e. The maximum Gasteiger partial charge on any atom is 0.166 e. The topological polar surface area (TPSA) is 68.6 Å². The van der Waals surface area contributed by atoms with Gasteiger partial charge in [-0.05, 0) is 18.6 Å². The molecule has 2 heterocycles. The molecule has 116 valence electrons. The van der Waals surface area contributed by atoms with Crippen LogP contribution >= 0.6 is 23.4 Å². The first kappa shape index (κ1) is 15.2. The number of aryl methyl sites for hydroxylation is 1. The molecule has 0 saturated carbocycles. The Bertz CT molecular complexity index is 757. The van der Waals surface area contributed by atoms with Gasteiger partial charge in [-0.25, -0.2) is 4.98 Å². The molecule has 1 aromatic carbocycles. The highest BCUT2D eigenvalue weighted by atomic mass is 35.5. The van der Waals surface area contributed by atoms with E-state index in [1.54, 1.807) is 18.9 Å². The molecule has 0 aliphatic rings. The molecule has 1 N–H and O–H groups in total. The third-order valence-corrected chi connectivity index (χ3v) is 4.31. The summed E-state index contributed by atoms with van der Waals surface area (Å²) in [6.07, 6.45) is 2.84. The van der Waals surface area contributed by atoms with Crippen molar-refractivity contribution in [2.24, 2.45) is 0 Å². The SMILES string of the molecule is COc1ccc2nc(SCc3cn(CCCCl)nn3)[nH]c2c1. The summed E-state index contributed by atoms with van der Waals surface area (Å²) < 4.78 is 7.03. The Morgan fingerprint density at radius 2 is 2.32 bits per heavy atom. The van der Waals surface area contributed by atoms with Crippen molar-refractivity contribution in [3.8, 4) is 5.75 Å². The second-order valence-corrected chi connectivity index (χ2v) is 6.07. The van der Waals surface area contributed by atoms with Gasteiger partial charge in [0.15, 0.2) is 5.16 Å². The number of alkyl halides is 1. The molecule has 0 atom stereocenters. The fourth-order valence-corrected chi connectivity index (χ4v) is 2.92. The van der Waals surface area contributed by atoms with Crippen molar-refractivity contribution in [1.82, 2.24) is 25.0 Å². The lowest BCUT2D eigenvalue weighted by Crippen LogP contribution is -1.98. The smallest absolute Gasteiger partial charge is 0.166 e. The summed E-state index contributed by atoms with van der Waals surface area (Å²) in [6, 6.07) is 5.78. The Kier molecular flexibility index (Phi) is 4.84. The van der Waals surface area contributed by atoms with Crippen molar-refractivity contribution in [3.63, 3.8) is 0 Å². The molecule has 0 bridgehead atoms. The first-order chi connectivity index (χ1) is 10.8. The third kappa shape index (κ3) is 3.53. The second-order valence-electron chi connectivity index (χ2n) is 4.73. The number of benzene rings is 1. The van der Waals surface area contributed by atoms with Gasteiger partial charge >= 0.3 is 0 Å². The van der Waals surface area contributed by atoms with Crippen molar-refractivity contribution >= 4 is 34.4 Å². The monoisotopic (exact) mass is 337 g/mol. The molecule has 3 rings (SSSR count). The Morgan fingerprint density at radius 3 is 3.14 bits per heavy atom. The maximum absolute atomic E-state index is 5.67. The highest BCUT2D eigenvalue weighted by Crippen LogP contribution is 2.24. The van der Waals surface area contributed by atoms with Crippen LogP contribution in [0.25, 0.3) is 11.0 Å². The van der Waals surface area contributed by atoms with Gasteiger partial charge in [0, 0.05) is 30.4 Å². The number of hydrogen-bond donors (Lipinski definition) is 1. The van der Waals surface area contributed by atoms with Crippen molar-refractivity contribution < 1.29 is 4.74 Å². The van der Waals surface area contributed by atoms with E-state index in [-0.39, 0.29) is 0 Å². The molecule has 3 aromatic rings. The van der Waals surface area contributed by atoms with Crippen molar-refractivity contribution in [1.29, 1.82) is 0 Å². The minimum Gasteiger partial charge on any atom is -0.497 e. The van der Waals surface area contributed by atoms with Crippen LogP contribution in [0.15, 0.2) is 29.6 Å². The zero-order valence-corrected chi connectivity index (χ0v) is 13.7. The van der Waals surface area contributed by atoms with Crippen LogP contribution < -0.4 is 4.74 Å². The molecule has 0 fully saturated rings. The van der Waals surface area contributed by atoms with Gasteiger partial charge in [-0.1, -0.05) is 17.0 Å². The standard InChI is InChI=1S/C14H16ClN5OS/c1-21-11-3-4-12-13(7-11)17-14(16-12)22-9-10-8-20(19-18-10)6-2-5-15/h3-4,7-8H,2,5-6,9H2,1H3,(H,16,17). The van der Waals surface area contributed by atoms with E-state index in [0.29, 0.717) is 5.88 Å². The molecule has 0 saturated heterocycles. The number of fused-ring (bicyclic) bond motifs is 1. The average molecular weight is 338 g/mol. The molecular formula is C14H16ClN5OS. The summed E-state index contributed by atoms with van der Waals surface area (Å²) in [5.41, 5.74) is 2.82. The number of H-pyrrole nitrogens is 1. The van der Waals surface area contributed by atoms with Crippen LogP contribution in [0.3, 0.4) is 0 Å². The first-order valence-electron chi connectivity index (χ1n) is 6.90. The van der Waals surface area contributed by atoms with Gasteiger partial charge in [0.1, 0.15) is 5.75 Å². The number of halogens is 1. The molecule has 0 aliphatic heterocycles. The number of ether oxygens (including phenoxy) is 1. The Hall–Kier alpha value is -1.73.